The van der Waals surface area contributed by atoms with E-state index in [0.29, 0.717) is 30.8 Å². The van der Waals surface area contributed by atoms with Crippen LogP contribution in [0.3, 0.4) is 0 Å². The normalized spacial score (nSPS) is 14.3. The second-order valence-corrected chi connectivity index (χ2v) is 4.94. The minimum absolute atomic E-state index is 0.271. The molecule has 106 valence electrons. The molecule has 1 aliphatic heterocycles. The molecule has 0 amide bonds. The predicted octanol–water partition coefficient (Wildman–Crippen LogP) is 0.496. The van der Waals surface area contributed by atoms with E-state index in [1.165, 1.54) is 7.05 Å². The Kier molecular flexibility index (Phi) is 3.04. The van der Waals surface area contributed by atoms with Crippen LogP contribution in [0, 0.1) is 0 Å². The zero-order valence-corrected chi connectivity index (χ0v) is 11.5. The fraction of sp³-hybridized carbons (Fsp3) is 0.538. The van der Waals surface area contributed by atoms with E-state index >= 15 is 0 Å². The monoisotopic (exact) mass is 276 g/mol. The Labute approximate surface area is 114 Å². The topological polar surface area (TPSA) is 82.9 Å². The van der Waals surface area contributed by atoms with Gasteiger partial charge in [-0.25, -0.2) is 4.79 Å². The first kappa shape index (κ1) is 12.8. The Morgan fingerprint density at radius 1 is 1.30 bits per heavy atom. The molecule has 0 spiro atoms. The van der Waals surface area contributed by atoms with Gasteiger partial charge in [0.05, 0.1) is 0 Å². The van der Waals surface area contributed by atoms with Crippen LogP contribution in [0.15, 0.2) is 14.1 Å². The van der Waals surface area contributed by atoms with E-state index in [-0.39, 0.29) is 17.1 Å². The van der Waals surface area contributed by atoms with E-state index in [0.717, 1.165) is 23.1 Å². The lowest BCUT2D eigenvalue weighted by molar-refractivity contribution is 0.382. The van der Waals surface area contributed by atoms with Crippen LogP contribution in [-0.2, 0) is 26.4 Å². The fourth-order valence-corrected chi connectivity index (χ4v) is 2.59. The van der Waals surface area contributed by atoms with Gasteiger partial charge >= 0.3 is 5.69 Å². The van der Waals surface area contributed by atoms with Crippen molar-refractivity contribution in [3.05, 3.63) is 32.4 Å². The maximum absolute atomic E-state index is 12.4. The van der Waals surface area contributed by atoms with Gasteiger partial charge in [0.15, 0.2) is 0 Å². The van der Waals surface area contributed by atoms with Crippen LogP contribution in [0.2, 0.25) is 0 Å². The first-order valence-corrected chi connectivity index (χ1v) is 6.79. The molecule has 0 N–H and O–H groups in total. The molecule has 0 saturated carbocycles. The number of rotatable bonds is 2. The van der Waals surface area contributed by atoms with Crippen LogP contribution < -0.4 is 11.2 Å². The lowest BCUT2D eigenvalue weighted by atomic mass is 10.0. The molecule has 0 radical (unpaired) electrons. The number of aromatic nitrogens is 4. The van der Waals surface area contributed by atoms with E-state index in [1.54, 1.807) is 4.57 Å². The molecule has 7 nitrogen and oxygen atoms in total. The van der Waals surface area contributed by atoms with Crippen molar-refractivity contribution in [2.45, 2.75) is 39.2 Å². The Bertz CT molecular complexity index is 769. The number of hydrogen-bond acceptors (Lipinski definition) is 5. The third-order valence-corrected chi connectivity index (χ3v) is 3.69. The molecule has 3 rings (SSSR count). The van der Waals surface area contributed by atoms with E-state index in [2.05, 4.69) is 10.1 Å². The molecule has 0 fully saturated rings. The summed E-state index contributed by atoms with van der Waals surface area (Å²) in [6.45, 7) is 2.54. The molecule has 2 aromatic rings. The van der Waals surface area contributed by atoms with Gasteiger partial charge in [-0.05, 0) is 19.3 Å². The van der Waals surface area contributed by atoms with Gasteiger partial charge < -0.3 is 4.52 Å². The summed E-state index contributed by atoms with van der Waals surface area (Å²) in [6, 6.07) is 0. The fourth-order valence-electron chi connectivity index (χ4n) is 2.59. The van der Waals surface area contributed by atoms with E-state index < -0.39 is 0 Å². The minimum atomic E-state index is -0.355. The van der Waals surface area contributed by atoms with Crippen molar-refractivity contribution < 1.29 is 4.52 Å². The van der Waals surface area contributed by atoms with Crippen LogP contribution in [0.5, 0.6) is 0 Å². The van der Waals surface area contributed by atoms with Crippen molar-refractivity contribution >= 4 is 0 Å². The molecule has 0 saturated heterocycles. The molecule has 0 aliphatic carbocycles. The first-order chi connectivity index (χ1) is 9.63. The maximum atomic E-state index is 12.4. The van der Waals surface area contributed by atoms with Crippen LogP contribution >= 0.6 is 0 Å². The molecule has 20 heavy (non-hydrogen) atoms. The van der Waals surface area contributed by atoms with Crippen LogP contribution in [0.25, 0.3) is 11.4 Å². The summed E-state index contributed by atoms with van der Waals surface area (Å²) in [7, 11) is 1.48. The number of hydrogen-bond donors (Lipinski definition) is 0. The van der Waals surface area contributed by atoms with E-state index in [9.17, 15) is 9.59 Å². The SMILES string of the molecule is CCc1nc(-c2c3n(c(=O)n(C)c2=O)CCCC3)no1. The highest BCUT2D eigenvalue weighted by molar-refractivity contribution is 5.56. The third kappa shape index (κ3) is 1.81. The highest BCUT2D eigenvalue weighted by atomic mass is 16.5. The first-order valence-electron chi connectivity index (χ1n) is 6.79. The highest BCUT2D eigenvalue weighted by Gasteiger charge is 2.24. The van der Waals surface area contributed by atoms with Crippen LogP contribution in [0.4, 0.5) is 0 Å². The summed E-state index contributed by atoms with van der Waals surface area (Å²) in [5.74, 6) is 0.774. The van der Waals surface area contributed by atoms with Gasteiger partial charge in [-0.3, -0.25) is 13.9 Å². The van der Waals surface area contributed by atoms with Crippen molar-refractivity contribution in [3.8, 4) is 11.4 Å². The summed E-state index contributed by atoms with van der Waals surface area (Å²) in [5, 5.41) is 3.88. The molecule has 0 atom stereocenters. The van der Waals surface area contributed by atoms with Crippen molar-refractivity contribution in [2.24, 2.45) is 7.05 Å². The zero-order valence-electron chi connectivity index (χ0n) is 11.5. The molecular weight excluding hydrogens is 260 g/mol. The number of fused-ring (bicyclic) bond motifs is 1. The van der Waals surface area contributed by atoms with Gasteiger partial charge in [-0.15, -0.1) is 0 Å². The quantitative estimate of drug-likeness (QED) is 0.797. The third-order valence-electron chi connectivity index (χ3n) is 3.69. The van der Waals surface area contributed by atoms with Gasteiger partial charge in [0.1, 0.15) is 5.56 Å². The van der Waals surface area contributed by atoms with Crippen molar-refractivity contribution in [2.75, 3.05) is 0 Å². The summed E-state index contributed by atoms with van der Waals surface area (Å²) in [6.07, 6.45) is 3.20. The minimum Gasteiger partial charge on any atom is -0.339 e. The van der Waals surface area contributed by atoms with Crippen LogP contribution in [0.1, 0.15) is 31.4 Å². The Morgan fingerprint density at radius 3 is 2.80 bits per heavy atom. The summed E-state index contributed by atoms with van der Waals surface area (Å²) in [4.78, 5) is 28.8. The Hall–Kier alpha value is -2.18. The van der Waals surface area contributed by atoms with Crippen LogP contribution in [-0.4, -0.2) is 19.3 Å². The molecule has 0 unspecified atom stereocenters. The molecular formula is C13H16N4O3. The second-order valence-electron chi connectivity index (χ2n) is 4.94. The Balaban J connectivity index is 2.32. The molecule has 2 aromatic heterocycles. The predicted molar refractivity (Wildman–Crippen MR) is 71.6 cm³/mol. The summed E-state index contributed by atoms with van der Waals surface area (Å²) in [5.41, 5.74) is 0.502. The smallest absolute Gasteiger partial charge is 0.330 e. The average molecular weight is 276 g/mol. The molecule has 0 bridgehead atoms. The molecule has 1 aliphatic rings. The van der Waals surface area contributed by atoms with Gasteiger partial charge in [0.25, 0.3) is 5.56 Å². The van der Waals surface area contributed by atoms with E-state index in [1.807, 2.05) is 6.92 Å². The summed E-state index contributed by atoms with van der Waals surface area (Å²) < 4.78 is 7.86. The molecule has 7 heteroatoms. The zero-order chi connectivity index (χ0) is 14.3. The van der Waals surface area contributed by atoms with Gasteiger partial charge in [0, 0.05) is 25.7 Å². The lowest BCUT2D eigenvalue weighted by Crippen LogP contribution is -2.42. The standard InChI is InChI=1S/C13H16N4O3/c1-3-9-14-11(15-20-9)10-8-6-4-5-7-17(8)13(19)16(2)12(10)18/h3-7H2,1-2H3. The molecule has 0 aromatic carbocycles. The summed E-state index contributed by atoms with van der Waals surface area (Å²) >= 11 is 0. The van der Waals surface area contributed by atoms with Crippen molar-refractivity contribution in [3.63, 3.8) is 0 Å². The van der Waals surface area contributed by atoms with Gasteiger partial charge in [-0.2, -0.15) is 4.98 Å². The van der Waals surface area contributed by atoms with Gasteiger partial charge in [0.2, 0.25) is 11.7 Å². The van der Waals surface area contributed by atoms with Crippen molar-refractivity contribution in [1.29, 1.82) is 0 Å². The highest BCUT2D eigenvalue weighted by Crippen LogP contribution is 2.21. The second kappa shape index (κ2) is 4.73. The van der Waals surface area contributed by atoms with Crippen molar-refractivity contribution in [1.82, 2.24) is 19.3 Å². The number of aryl methyl sites for hydroxylation is 1. The molecule has 3 heterocycles. The number of nitrogens with zero attached hydrogens (tertiary/aromatic N) is 4. The Morgan fingerprint density at radius 2 is 2.10 bits per heavy atom. The lowest BCUT2D eigenvalue weighted by Gasteiger charge is -2.20. The average Bonchev–Trinajstić information content (AvgIpc) is 2.94. The van der Waals surface area contributed by atoms with Gasteiger partial charge in [-0.1, -0.05) is 12.1 Å². The maximum Gasteiger partial charge on any atom is 0.330 e. The van der Waals surface area contributed by atoms with E-state index in [4.69, 9.17) is 4.52 Å². The largest absolute Gasteiger partial charge is 0.339 e.